The van der Waals surface area contributed by atoms with E-state index in [1.807, 2.05) is 37.3 Å². The summed E-state index contributed by atoms with van der Waals surface area (Å²) < 4.78 is 34.0. The van der Waals surface area contributed by atoms with E-state index < -0.39 is 9.84 Å². The Morgan fingerprint density at radius 3 is 2.58 bits per heavy atom. The molecule has 1 atom stereocenters. The SMILES string of the molecule is COc1ccc(CN(Cc2cc(C)on2)[C@@H]2CCS(=O)(=O)C2)cc1. The number of hydrogen-bond acceptors (Lipinski definition) is 6. The van der Waals surface area contributed by atoms with Crippen LogP contribution in [0, 0.1) is 6.92 Å². The van der Waals surface area contributed by atoms with Crippen LogP contribution in [-0.2, 0) is 22.9 Å². The number of benzene rings is 1. The first-order valence-corrected chi connectivity index (χ1v) is 9.77. The summed E-state index contributed by atoms with van der Waals surface area (Å²) in [5.74, 6) is 2.03. The molecule has 2 aromatic rings. The van der Waals surface area contributed by atoms with Crippen molar-refractivity contribution >= 4 is 9.84 Å². The molecule has 1 aliphatic heterocycles. The molecule has 0 radical (unpaired) electrons. The van der Waals surface area contributed by atoms with Crippen molar-refractivity contribution in [2.75, 3.05) is 18.6 Å². The summed E-state index contributed by atoms with van der Waals surface area (Å²) in [6.45, 7) is 3.09. The van der Waals surface area contributed by atoms with Gasteiger partial charge in [0.15, 0.2) is 9.84 Å². The van der Waals surface area contributed by atoms with Crippen LogP contribution < -0.4 is 4.74 Å². The van der Waals surface area contributed by atoms with Gasteiger partial charge in [0.05, 0.1) is 24.3 Å². The molecule has 130 valence electrons. The van der Waals surface area contributed by atoms with Crippen LogP contribution in [0.2, 0.25) is 0 Å². The largest absolute Gasteiger partial charge is 0.497 e. The highest BCUT2D eigenvalue weighted by Crippen LogP contribution is 2.23. The Morgan fingerprint density at radius 2 is 2.04 bits per heavy atom. The Kier molecular flexibility index (Phi) is 4.91. The van der Waals surface area contributed by atoms with E-state index in [4.69, 9.17) is 9.26 Å². The van der Waals surface area contributed by atoms with E-state index in [1.165, 1.54) is 0 Å². The maximum atomic E-state index is 11.9. The van der Waals surface area contributed by atoms with Crippen LogP contribution in [0.15, 0.2) is 34.9 Å². The maximum Gasteiger partial charge on any atom is 0.151 e. The number of methoxy groups -OCH3 is 1. The van der Waals surface area contributed by atoms with Crippen molar-refractivity contribution in [3.63, 3.8) is 0 Å². The lowest BCUT2D eigenvalue weighted by Gasteiger charge is -2.27. The van der Waals surface area contributed by atoms with Crippen LogP contribution in [0.1, 0.15) is 23.4 Å². The molecule has 0 saturated carbocycles. The third-order valence-electron chi connectivity index (χ3n) is 4.31. The van der Waals surface area contributed by atoms with E-state index in [0.717, 1.165) is 22.8 Å². The topological polar surface area (TPSA) is 72.6 Å². The van der Waals surface area contributed by atoms with Gasteiger partial charge in [0, 0.05) is 25.2 Å². The van der Waals surface area contributed by atoms with Crippen LogP contribution in [0.3, 0.4) is 0 Å². The molecule has 0 aliphatic carbocycles. The molecule has 24 heavy (non-hydrogen) atoms. The van der Waals surface area contributed by atoms with Crippen molar-refractivity contribution in [1.82, 2.24) is 10.1 Å². The normalized spacial score (nSPS) is 19.7. The fraction of sp³-hybridized carbons (Fsp3) is 0.471. The third-order valence-corrected chi connectivity index (χ3v) is 6.06. The number of ether oxygens (including phenoxy) is 1. The molecule has 0 N–H and O–H groups in total. The molecule has 0 amide bonds. The van der Waals surface area contributed by atoms with E-state index in [-0.39, 0.29) is 17.5 Å². The van der Waals surface area contributed by atoms with Crippen molar-refractivity contribution in [3.05, 3.63) is 47.3 Å². The standard InChI is InChI=1S/C17H22N2O4S/c1-13-9-15(18-23-13)11-19(16-7-8-24(20,21)12-16)10-14-3-5-17(22-2)6-4-14/h3-6,9,16H,7-8,10-12H2,1-2H3/t16-/m1/s1. The van der Waals surface area contributed by atoms with Crippen molar-refractivity contribution in [2.45, 2.75) is 32.5 Å². The molecule has 1 fully saturated rings. The minimum atomic E-state index is -2.94. The highest BCUT2D eigenvalue weighted by atomic mass is 32.2. The zero-order valence-corrected chi connectivity index (χ0v) is 14.8. The zero-order valence-electron chi connectivity index (χ0n) is 13.9. The lowest BCUT2D eigenvalue weighted by atomic mass is 10.1. The average molecular weight is 350 g/mol. The van der Waals surface area contributed by atoms with Crippen LogP contribution in [-0.4, -0.2) is 43.1 Å². The van der Waals surface area contributed by atoms with E-state index in [0.29, 0.717) is 19.5 Å². The summed E-state index contributed by atoms with van der Waals surface area (Å²) in [7, 11) is -1.30. The second-order valence-electron chi connectivity index (χ2n) is 6.24. The van der Waals surface area contributed by atoms with Gasteiger partial charge in [-0.15, -0.1) is 0 Å². The predicted molar refractivity (Wildman–Crippen MR) is 90.5 cm³/mol. The smallest absolute Gasteiger partial charge is 0.151 e. The van der Waals surface area contributed by atoms with Gasteiger partial charge >= 0.3 is 0 Å². The Bertz CT molecular complexity index is 783. The van der Waals surface area contributed by atoms with Crippen LogP contribution in [0.25, 0.3) is 0 Å². The predicted octanol–water partition coefficient (Wildman–Crippen LogP) is 2.18. The summed E-state index contributed by atoms with van der Waals surface area (Å²) in [5, 5.41) is 4.05. The molecule has 6 nitrogen and oxygen atoms in total. The molecule has 0 unspecified atom stereocenters. The van der Waals surface area contributed by atoms with E-state index in [9.17, 15) is 8.42 Å². The summed E-state index contributed by atoms with van der Waals surface area (Å²) in [6, 6.07) is 9.74. The van der Waals surface area contributed by atoms with E-state index >= 15 is 0 Å². The molecule has 2 heterocycles. The second-order valence-corrected chi connectivity index (χ2v) is 8.47. The molecule has 3 rings (SSSR count). The zero-order chi connectivity index (χ0) is 17.2. The molecule has 1 aromatic carbocycles. The molecule has 0 spiro atoms. The van der Waals surface area contributed by atoms with Crippen molar-refractivity contribution in [3.8, 4) is 5.75 Å². The van der Waals surface area contributed by atoms with E-state index in [2.05, 4.69) is 10.1 Å². The number of sulfone groups is 1. The number of rotatable bonds is 6. The van der Waals surface area contributed by atoms with Crippen molar-refractivity contribution in [1.29, 1.82) is 0 Å². The van der Waals surface area contributed by atoms with Crippen molar-refractivity contribution < 1.29 is 17.7 Å². The molecule has 1 saturated heterocycles. The van der Waals surface area contributed by atoms with E-state index in [1.54, 1.807) is 7.11 Å². The molecular weight excluding hydrogens is 328 g/mol. The van der Waals surface area contributed by atoms with Gasteiger partial charge in [0.1, 0.15) is 11.5 Å². The Balaban J connectivity index is 1.78. The minimum absolute atomic E-state index is 0.00843. The first kappa shape index (κ1) is 17.0. The monoisotopic (exact) mass is 350 g/mol. The number of hydrogen-bond donors (Lipinski definition) is 0. The molecule has 7 heteroatoms. The fourth-order valence-corrected chi connectivity index (χ4v) is 4.81. The Hall–Kier alpha value is -1.86. The Labute approximate surface area is 142 Å². The van der Waals surface area contributed by atoms with Gasteiger partial charge < -0.3 is 9.26 Å². The van der Waals surface area contributed by atoms with Gasteiger partial charge in [-0.3, -0.25) is 4.90 Å². The highest BCUT2D eigenvalue weighted by molar-refractivity contribution is 7.91. The lowest BCUT2D eigenvalue weighted by Crippen LogP contribution is -2.35. The van der Waals surface area contributed by atoms with Crippen molar-refractivity contribution in [2.24, 2.45) is 0 Å². The van der Waals surface area contributed by atoms with Gasteiger partial charge in [0.25, 0.3) is 0 Å². The highest BCUT2D eigenvalue weighted by Gasteiger charge is 2.32. The molecule has 1 aromatic heterocycles. The van der Waals surface area contributed by atoms with Crippen LogP contribution >= 0.6 is 0 Å². The van der Waals surface area contributed by atoms with Gasteiger partial charge in [-0.2, -0.15) is 0 Å². The summed E-state index contributed by atoms with van der Waals surface area (Å²) in [6.07, 6.45) is 0.662. The molecule has 0 bridgehead atoms. The summed E-state index contributed by atoms with van der Waals surface area (Å²) >= 11 is 0. The molecular formula is C17H22N2O4S. The number of aryl methyl sites for hydroxylation is 1. The van der Waals surface area contributed by atoms with Crippen LogP contribution in [0.5, 0.6) is 5.75 Å². The fourth-order valence-electron chi connectivity index (χ4n) is 3.04. The first-order chi connectivity index (χ1) is 11.4. The number of nitrogens with zero attached hydrogens (tertiary/aromatic N) is 2. The molecule has 1 aliphatic rings. The van der Waals surface area contributed by atoms with Crippen LogP contribution in [0.4, 0.5) is 0 Å². The average Bonchev–Trinajstić information content (AvgIpc) is 3.12. The quantitative estimate of drug-likeness (QED) is 0.795. The maximum absolute atomic E-state index is 11.9. The number of aromatic nitrogens is 1. The lowest BCUT2D eigenvalue weighted by molar-refractivity contribution is 0.188. The first-order valence-electron chi connectivity index (χ1n) is 7.95. The third kappa shape index (κ3) is 4.15. The summed E-state index contributed by atoms with van der Waals surface area (Å²) in [4.78, 5) is 2.17. The second kappa shape index (κ2) is 6.94. The summed E-state index contributed by atoms with van der Waals surface area (Å²) in [5.41, 5.74) is 1.94. The van der Waals surface area contributed by atoms with Gasteiger partial charge in [-0.1, -0.05) is 17.3 Å². The minimum Gasteiger partial charge on any atom is -0.497 e. The Morgan fingerprint density at radius 1 is 1.29 bits per heavy atom. The van der Waals surface area contributed by atoms with Gasteiger partial charge in [-0.25, -0.2) is 8.42 Å². The van der Waals surface area contributed by atoms with Gasteiger partial charge in [-0.05, 0) is 31.0 Å². The van der Waals surface area contributed by atoms with Gasteiger partial charge in [0.2, 0.25) is 0 Å².